The van der Waals surface area contributed by atoms with E-state index >= 15 is 0 Å². The van der Waals surface area contributed by atoms with E-state index < -0.39 is 41.6 Å². The molecule has 3 atom stereocenters. The summed E-state index contributed by atoms with van der Waals surface area (Å²) < 4.78 is 5.14. The van der Waals surface area contributed by atoms with Crippen molar-refractivity contribution in [3.63, 3.8) is 0 Å². The predicted molar refractivity (Wildman–Crippen MR) is 273 cm³/mol. The van der Waals surface area contributed by atoms with Crippen molar-refractivity contribution in [1.29, 1.82) is 0 Å². The van der Waals surface area contributed by atoms with Gasteiger partial charge in [0.1, 0.15) is 5.75 Å². The van der Waals surface area contributed by atoms with Gasteiger partial charge in [-0.05, 0) is 95.5 Å². The molecule has 11 heteroatoms. The van der Waals surface area contributed by atoms with Gasteiger partial charge in [0.15, 0.2) is 11.6 Å². The first-order valence-electron chi connectivity index (χ1n) is 22.8. The third kappa shape index (κ3) is 16.9. The predicted octanol–water partition coefficient (Wildman–Crippen LogP) is 12.6. The first-order valence-corrected chi connectivity index (χ1v) is 22.8. The van der Waals surface area contributed by atoms with Crippen molar-refractivity contribution in [3.8, 4) is 16.9 Å². The van der Waals surface area contributed by atoms with Gasteiger partial charge in [0.05, 0.1) is 31.3 Å². The van der Waals surface area contributed by atoms with Crippen LogP contribution in [0.2, 0.25) is 0 Å². The minimum absolute atomic E-state index is 0.0417. The summed E-state index contributed by atoms with van der Waals surface area (Å²) in [6, 6.07) is 52.1. The lowest BCUT2D eigenvalue weighted by Crippen LogP contribution is -2.09. The first-order chi connectivity index (χ1) is 33.4. The molecule has 4 N–H and O–H groups in total. The van der Waals surface area contributed by atoms with Gasteiger partial charge in [0.25, 0.3) is 0 Å². The highest BCUT2D eigenvalue weighted by molar-refractivity contribution is 6.09. The number of ketones is 2. The number of hydrogen-bond acceptors (Lipinski definition) is 7. The fourth-order valence-corrected chi connectivity index (χ4v) is 7.03. The summed E-state index contributed by atoms with van der Waals surface area (Å²) in [5.74, 6) is -3.75. The van der Waals surface area contributed by atoms with E-state index in [1.165, 1.54) is 5.56 Å². The van der Waals surface area contributed by atoms with Gasteiger partial charge in [-0.15, -0.1) is 0 Å². The monoisotopic (exact) mass is 944 g/mol. The average Bonchev–Trinajstić information content (AvgIpc) is 3.37. The Morgan fingerprint density at radius 3 is 1.47 bits per heavy atom. The molecule has 0 saturated carbocycles. The van der Waals surface area contributed by atoms with E-state index in [-0.39, 0.29) is 24.4 Å². The van der Waals surface area contributed by atoms with Crippen LogP contribution in [0.5, 0.6) is 5.75 Å². The molecule has 0 fully saturated rings. The molecule has 0 radical (unpaired) electrons. The highest BCUT2D eigenvalue weighted by atomic mass is 16.5. The fourth-order valence-electron chi connectivity index (χ4n) is 7.03. The Morgan fingerprint density at radius 1 is 0.443 bits per heavy atom. The summed E-state index contributed by atoms with van der Waals surface area (Å²) in [4.78, 5) is 67.0. The lowest BCUT2D eigenvalue weighted by molar-refractivity contribution is -0.139. The Morgan fingerprint density at radius 2 is 0.929 bits per heavy atom. The molecule has 0 aliphatic rings. The van der Waals surface area contributed by atoms with Crippen LogP contribution in [0.1, 0.15) is 114 Å². The second-order valence-corrected chi connectivity index (χ2v) is 17.1. The van der Waals surface area contributed by atoms with E-state index in [9.17, 15) is 28.8 Å². The van der Waals surface area contributed by atoms with E-state index in [0.717, 1.165) is 45.2 Å². The maximum absolute atomic E-state index is 12.2. The Bertz CT molecular complexity index is 2840. The van der Waals surface area contributed by atoms with Crippen molar-refractivity contribution in [3.05, 3.63) is 209 Å². The van der Waals surface area contributed by atoms with E-state index in [1.54, 1.807) is 88.5 Å². The van der Waals surface area contributed by atoms with Crippen molar-refractivity contribution in [2.75, 3.05) is 7.11 Å². The van der Waals surface area contributed by atoms with Gasteiger partial charge >= 0.3 is 23.9 Å². The number of aliphatic carboxylic acids is 4. The molecule has 0 aromatic heterocycles. The average molecular weight is 945 g/mol. The standard InChI is InChI=1S/2C16H14O3.C14H14O3.C13H18O2/c1-11(16(18)19)13-8-5-9-14(10-13)15(17)12-6-3-2-4-7-12;17-15(10-11-16(18)19)14-8-6-13(7-9-14)12-4-2-1-3-5-12;1-9(14(15)16)10-3-4-12-8-13(17-2)6-5-11(12)7-10;1-9(2)8-11-4-6-12(7-5-11)10(3)13(14)15/h2-11H,1H3,(H,18,19);1-9H,10-11H2,(H,18,19);3-9H,1-2H3,(H,15,16);4-7,9-10H,8H2,1-3H3,(H,14,15). The number of ether oxygens (including phenoxy) is 1. The lowest BCUT2D eigenvalue weighted by atomic mass is 9.96. The van der Waals surface area contributed by atoms with Crippen LogP contribution in [0.25, 0.3) is 21.9 Å². The SMILES string of the molecule is CC(C(=O)O)c1cccc(C(=O)c2ccccc2)c1.CC(C)Cc1ccc(C(C)C(=O)O)cc1.COc1ccc2cc(C(C)C(=O)O)ccc2c1.O=C(O)CCC(=O)c1ccc(-c2ccccc2)cc1. The second-order valence-electron chi connectivity index (χ2n) is 17.1. The van der Waals surface area contributed by atoms with Crippen molar-refractivity contribution >= 4 is 46.2 Å². The summed E-state index contributed by atoms with van der Waals surface area (Å²) >= 11 is 0. The zero-order valence-electron chi connectivity index (χ0n) is 40.2. The molecular weight excluding hydrogens is 885 g/mol. The number of methoxy groups -OCH3 is 1. The quantitative estimate of drug-likeness (QED) is 0.0674. The Labute approximate surface area is 409 Å². The highest BCUT2D eigenvalue weighted by Gasteiger charge is 2.17. The molecule has 0 saturated heterocycles. The smallest absolute Gasteiger partial charge is 0.310 e. The van der Waals surface area contributed by atoms with Gasteiger partial charge in [-0.3, -0.25) is 28.8 Å². The van der Waals surface area contributed by atoms with Crippen molar-refractivity contribution in [2.45, 2.75) is 71.6 Å². The third-order valence-electron chi connectivity index (χ3n) is 11.4. The highest BCUT2D eigenvalue weighted by Crippen LogP contribution is 2.26. The normalized spacial score (nSPS) is 11.7. The zero-order valence-corrected chi connectivity index (χ0v) is 40.2. The number of Topliss-reactive ketones (excluding diaryl/α,β-unsaturated/α-hetero) is 1. The molecule has 0 heterocycles. The molecule has 0 amide bonds. The van der Waals surface area contributed by atoms with Crippen LogP contribution >= 0.6 is 0 Å². The van der Waals surface area contributed by atoms with Crippen molar-refractivity contribution in [1.82, 2.24) is 0 Å². The van der Waals surface area contributed by atoms with E-state index in [4.69, 9.17) is 25.2 Å². The van der Waals surface area contributed by atoms with Gasteiger partial charge in [-0.1, -0.05) is 166 Å². The zero-order chi connectivity index (χ0) is 51.3. The molecular formula is C59H60O11. The number of carboxylic acids is 4. The van der Waals surface area contributed by atoms with Gasteiger partial charge in [-0.2, -0.15) is 0 Å². The number of rotatable bonds is 16. The molecule has 0 bridgehead atoms. The van der Waals surface area contributed by atoms with Crippen LogP contribution in [-0.2, 0) is 25.6 Å². The van der Waals surface area contributed by atoms with E-state index in [1.807, 2.05) is 109 Å². The molecule has 7 aromatic rings. The van der Waals surface area contributed by atoms with Gasteiger partial charge in [-0.25, -0.2) is 0 Å². The summed E-state index contributed by atoms with van der Waals surface area (Å²) in [5, 5.41) is 37.4. The number of hydrogen-bond donors (Lipinski definition) is 4. The van der Waals surface area contributed by atoms with Gasteiger partial charge in [0.2, 0.25) is 0 Å². The van der Waals surface area contributed by atoms with E-state index in [2.05, 4.69) is 13.8 Å². The minimum Gasteiger partial charge on any atom is -0.497 e. The molecule has 7 rings (SSSR count). The van der Waals surface area contributed by atoms with Gasteiger partial charge in [0, 0.05) is 23.1 Å². The molecule has 362 valence electrons. The fraction of sp³-hybridized carbons (Fsp3) is 0.220. The summed E-state index contributed by atoms with van der Waals surface area (Å²) in [6.07, 6.45) is 0.959. The summed E-state index contributed by atoms with van der Waals surface area (Å²) in [6.45, 7) is 9.35. The number of benzene rings is 7. The number of carbonyl (C=O) groups is 6. The van der Waals surface area contributed by atoms with Crippen LogP contribution < -0.4 is 4.74 Å². The molecule has 70 heavy (non-hydrogen) atoms. The largest absolute Gasteiger partial charge is 0.497 e. The summed E-state index contributed by atoms with van der Waals surface area (Å²) in [7, 11) is 1.63. The van der Waals surface area contributed by atoms with Crippen LogP contribution in [0.3, 0.4) is 0 Å². The van der Waals surface area contributed by atoms with Gasteiger partial charge < -0.3 is 25.2 Å². The second kappa shape index (κ2) is 27.0. The van der Waals surface area contributed by atoms with Crippen LogP contribution in [0, 0.1) is 5.92 Å². The number of fused-ring (bicyclic) bond motifs is 1. The first kappa shape index (κ1) is 54.4. The number of carbonyl (C=O) groups excluding carboxylic acids is 2. The molecule has 11 nitrogen and oxygen atoms in total. The molecule has 0 spiro atoms. The molecule has 7 aromatic carbocycles. The van der Waals surface area contributed by atoms with Crippen molar-refractivity contribution in [2.24, 2.45) is 5.92 Å². The van der Waals surface area contributed by atoms with Crippen LogP contribution in [0.15, 0.2) is 170 Å². The van der Waals surface area contributed by atoms with Crippen molar-refractivity contribution < 1.29 is 53.9 Å². The van der Waals surface area contributed by atoms with E-state index in [0.29, 0.717) is 28.2 Å². The Hall–Kier alpha value is -8.18. The Kier molecular flexibility index (Phi) is 21.0. The number of carboxylic acid groups (broad SMARTS) is 4. The van der Waals surface area contributed by atoms with Crippen LogP contribution in [0.4, 0.5) is 0 Å². The third-order valence-corrected chi connectivity index (χ3v) is 11.4. The Balaban J connectivity index is 0.000000204. The molecule has 0 aliphatic carbocycles. The maximum atomic E-state index is 12.2. The molecule has 0 aliphatic heterocycles. The minimum atomic E-state index is -0.950. The topological polar surface area (TPSA) is 193 Å². The molecule has 3 unspecified atom stereocenters. The maximum Gasteiger partial charge on any atom is 0.310 e. The lowest BCUT2D eigenvalue weighted by Gasteiger charge is -2.09. The van der Waals surface area contributed by atoms with Crippen LogP contribution in [-0.4, -0.2) is 63.0 Å². The summed E-state index contributed by atoms with van der Waals surface area (Å²) in [5.41, 5.74) is 7.38.